The minimum absolute atomic E-state index is 0.222. The molecule has 9 nitrogen and oxygen atoms in total. The van der Waals surface area contributed by atoms with Crippen LogP contribution in [0.1, 0.15) is 52.4 Å². The summed E-state index contributed by atoms with van der Waals surface area (Å²) in [6.07, 6.45) is -3.89. The second-order valence-corrected chi connectivity index (χ2v) is 7.96. The Morgan fingerprint density at radius 2 is 1.75 bits per heavy atom. The number of hydrogen-bond acceptors (Lipinski definition) is 8. The zero-order valence-electron chi connectivity index (χ0n) is 16.5. The summed E-state index contributed by atoms with van der Waals surface area (Å²) in [5.74, 6) is -0.938. The van der Waals surface area contributed by atoms with Crippen molar-refractivity contribution in [2.24, 2.45) is 5.92 Å². The third-order valence-corrected chi connectivity index (χ3v) is 5.72. The molecule has 2 fully saturated rings. The molecule has 0 radical (unpaired) electrons. The summed E-state index contributed by atoms with van der Waals surface area (Å²) in [5, 5.41) is 49.7. The lowest BCUT2D eigenvalue weighted by molar-refractivity contribution is -0.324. The average molecular weight is 406 g/mol. The van der Waals surface area contributed by atoms with Crippen molar-refractivity contribution in [1.82, 2.24) is 0 Å². The van der Waals surface area contributed by atoms with Crippen molar-refractivity contribution in [3.8, 4) is 0 Å². The predicted octanol–water partition coefficient (Wildman–Crippen LogP) is 0.0201. The largest absolute Gasteiger partial charge is 0.479 e. The van der Waals surface area contributed by atoms with Crippen molar-refractivity contribution in [1.29, 1.82) is 0 Å². The Bertz CT molecular complexity index is 478. The SMILES string of the molecule is C[C@H](O)[C@@H](C)O[C@H]1O[C@H](CO)[C@H](O)[C@H](O[C@@H](CC2CCCCC2)C(=O)O)[C@@H]1O. The molecule has 1 saturated carbocycles. The van der Waals surface area contributed by atoms with Crippen LogP contribution in [0.25, 0.3) is 0 Å². The van der Waals surface area contributed by atoms with Gasteiger partial charge in [0.2, 0.25) is 0 Å². The Balaban J connectivity index is 2.09. The van der Waals surface area contributed by atoms with Gasteiger partial charge in [0.15, 0.2) is 12.4 Å². The first-order chi connectivity index (χ1) is 13.2. The van der Waals surface area contributed by atoms with Gasteiger partial charge in [-0.15, -0.1) is 0 Å². The number of carboxylic acids is 1. The fraction of sp³-hybridized carbons (Fsp3) is 0.947. The van der Waals surface area contributed by atoms with E-state index in [1.54, 1.807) is 6.92 Å². The molecule has 0 unspecified atom stereocenters. The molecule has 2 aliphatic rings. The zero-order valence-corrected chi connectivity index (χ0v) is 16.5. The standard InChI is InChI=1S/C19H34O9/c1-10(21)11(2)26-19-16(23)17(15(22)14(9-20)28-19)27-13(18(24)25)8-12-6-4-3-5-7-12/h10-17,19-23H,3-9H2,1-2H3,(H,24,25)/t10-,11+,13-,14+,15-,16-,17-,19-/m0/s1. The molecule has 8 atom stereocenters. The van der Waals surface area contributed by atoms with E-state index in [0.717, 1.165) is 32.1 Å². The van der Waals surface area contributed by atoms with Crippen LogP contribution in [0, 0.1) is 5.92 Å². The van der Waals surface area contributed by atoms with Crippen molar-refractivity contribution in [2.45, 2.75) is 101 Å². The lowest BCUT2D eigenvalue weighted by atomic mass is 9.85. The predicted molar refractivity (Wildman–Crippen MR) is 97.5 cm³/mol. The monoisotopic (exact) mass is 406 g/mol. The highest BCUT2D eigenvalue weighted by Gasteiger charge is 2.48. The van der Waals surface area contributed by atoms with E-state index < -0.39 is 61.6 Å². The Morgan fingerprint density at radius 3 is 2.29 bits per heavy atom. The molecule has 0 spiro atoms. The zero-order chi connectivity index (χ0) is 20.8. The molecule has 1 heterocycles. The molecule has 0 aromatic rings. The van der Waals surface area contributed by atoms with Crippen LogP contribution >= 0.6 is 0 Å². The third-order valence-electron chi connectivity index (χ3n) is 5.72. The van der Waals surface area contributed by atoms with Crippen LogP contribution in [0.5, 0.6) is 0 Å². The van der Waals surface area contributed by atoms with E-state index in [2.05, 4.69) is 0 Å². The second-order valence-electron chi connectivity index (χ2n) is 7.96. The van der Waals surface area contributed by atoms with Gasteiger partial charge in [-0.05, 0) is 26.2 Å². The molecule has 2 rings (SSSR count). The Kier molecular flexibility index (Phi) is 9.07. The topological polar surface area (TPSA) is 146 Å². The summed E-state index contributed by atoms with van der Waals surface area (Å²) in [4.78, 5) is 11.7. The molecule has 1 saturated heterocycles. The number of rotatable bonds is 9. The quantitative estimate of drug-likeness (QED) is 0.358. The van der Waals surface area contributed by atoms with Crippen molar-refractivity contribution < 1.29 is 44.5 Å². The number of ether oxygens (including phenoxy) is 3. The minimum atomic E-state index is -1.48. The van der Waals surface area contributed by atoms with Crippen LogP contribution in [0.2, 0.25) is 0 Å². The molecule has 0 aromatic carbocycles. The van der Waals surface area contributed by atoms with Crippen molar-refractivity contribution in [2.75, 3.05) is 6.61 Å². The van der Waals surface area contributed by atoms with Crippen LogP contribution in [0.15, 0.2) is 0 Å². The van der Waals surface area contributed by atoms with Crippen molar-refractivity contribution in [3.63, 3.8) is 0 Å². The van der Waals surface area contributed by atoms with Gasteiger partial charge >= 0.3 is 5.97 Å². The first kappa shape index (κ1) is 23.5. The normalized spacial score (nSPS) is 35.3. The molecular weight excluding hydrogens is 372 g/mol. The summed E-state index contributed by atoms with van der Waals surface area (Å²) in [5.41, 5.74) is 0. The summed E-state index contributed by atoms with van der Waals surface area (Å²) in [6.45, 7) is 2.53. The van der Waals surface area contributed by atoms with Crippen LogP contribution < -0.4 is 0 Å². The van der Waals surface area contributed by atoms with Crippen LogP contribution in [0.3, 0.4) is 0 Å². The van der Waals surface area contributed by atoms with Gasteiger partial charge in [-0.2, -0.15) is 0 Å². The highest BCUT2D eigenvalue weighted by Crippen LogP contribution is 2.31. The van der Waals surface area contributed by atoms with Crippen LogP contribution in [0.4, 0.5) is 0 Å². The van der Waals surface area contributed by atoms with Gasteiger partial charge in [0, 0.05) is 0 Å². The second kappa shape index (κ2) is 10.8. The number of carboxylic acid groups (broad SMARTS) is 1. The van der Waals surface area contributed by atoms with E-state index >= 15 is 0 Å². The Labute approximate surface area is 165 Å². The fourth-order valence-corrected chi connectivity index (χ4v) is 3.78. The first-order valence-electron chi connectivity index (χ1n) is 10.1. The molecule has 0 bridgehead atoms. The Morgan fingerprint density at radius 1 is 1.11 bits per heavy atom. The molecule has 1 aliphatic heterocycles. The lowest BCUT2D eigenvalue weighted by Gasteiger charge is -2.43. The molecule has 1 aliphatic carbocycles. The highest BCUT2D eigenvalue weighted by atomic mass is 16.7. The average Bonchev–Trinajstić information content (AvgIpc) is 2.66. The molecule has 164 valence electrons. The van der Waals surface area contributed by atoms with Crippen LogP contribution in [-0.4, -0.2) is 87.1 Å². The van der Waals surface area contributed by atoms with Gasteiger partial charge in [-0.1, -0.05) is 32.1 Å². The van der Waals surface area contributed by atoms with Gasteiger partial charge in [-0.3, -0.25) is 0 Å². The molecule has 0 aromatic heterocycles. The number of hydrogen-bond donors (Lipinski definition) is 5. The summed E-state index contributed by atoms with van der Waals surface area (Å²) >= 11 is 0. The van der Waals surface area contributed by atoms with E-state index in [1.165, 1.54) is 6.92 Å². The van der Waals surface area contributed by atoms with E-state index in [4.69, 9.17) is 14.2 Å². The molecule has 5 N–H and O–H groups in total. The summed E-state index contributed by atoms with van der Waals surface area (Å²) in [7, 11) is 0. The van der Waals surface area contributed by atoms with Gasteiger partial charge in [0.25, 0.3) is 0 Å². The van der Waals surface area contributed by atoms with Crippen LogP contribution in [-0.2, 0) is 19.0 Å². The fourth-order valence-electron chi connectivity index (χ4n) is 3.78. The minimum Gasteiger partial charge on any atom is -0.479 e. The highest BCUT2D eigenvalue weighted by molar-refractivity contribution is 5.72. The summed E-state index contributed by atoms with van der Waals surface area (Å²) < 4.78 is 16.5. The van der Waals surface area contributed by atoms with E-state index in [0.29, 0.717) is 6.42 Å². The third kappa shape index (κ3) is 6.09. The maximum absolute atomic E-state index is 11.7. The van der Waals surface area contributed by atoms with E-state index in [-0.39, 0.29) is 5.92 Å². The number of carbonyl (C=O) groups is 1. The van der Waals surface area contributed by atoms with Crippen molar-refractivity contribution in [3.05, 3.63) is 0 Å². The van der Waals surface area contributed by atoms with E-state index in [1.807, 2.05) is 0 Å². The van der Waals surface area contributed by atoms with E-state index in [9.17, 15) is 30.3 Å². The molecule has 28 heavy (non-hydrogen) atoms. The maximum atomic E-state index is 11.7. The Hall–Kier alpha value is -0.810. The van der Waals surface area contributed by atoms with Crippen molar-refractivity contribution >= 4 is 5.97 Å². The maximum Gasteiger partial charge on any atom is 0.332 e. The number of aliphatic hydroxyl groups is 4. The molecular formula is C19H34O9. The number of aliphatic hydroxyl groups excluding tert-OH is 4. The van der Waals surface area contributed by atoms with Gasteiger partial charge in [0.1, 0.15) is 24.4 Å². The lowest BCUT2D eigenvalue weighted by Crippen LogP contribution is -2.61. The molecule has 9 heteroatoms. The number of aliphatic carboxylic acids is 1. The van der Waals surface area contributed by atoms with Gasteiger partial charge < -0.3 is 39.7 Å². The first-order valence-corrected chi connectivity index (χ1v) is 10.1. The van der Waals surface area contributed by atoms with Gasteiger partial charge in [0.05, 0.1) is 18.8 Å². The smallest absolute Gasteiger partial charge is 0.332 e. The van der Waals surface area contributed by atoms with Gasteiger partial charge in [-0.25, -0.2) is 4.79 Å². The summed E-state index contributed by atoms with van der Waals surface area (Å²) in [6, 6.07) is 0. The molecule has 0 amide bonds.